The molecule has 4 amide bonds. The number of fused-ring (bicyclic) bond motifs is 1. The molecule has 0 aromatic carbocycles. The van der Waals surface area contributed by atoms with Gasteiger partial charge in [-0.1, -0.05) is 6.07 Å². The highest BCUT2D eigenvalue weighted by Crippen LogP contribution is 2.41. The number of nitrogens with zero attached hydrogens (tertiary/aromatic N) is 1. The van der Waals surface area contributed by atoms with Crippen molar-refractivity contribution in [3.63, 3.8) is 0 Å². The first-order valence-electron chi connectivity index (χ1n) is 8.34. The van der Waals surface area contributed by atoms with Crippen LogP contribution in [0.2, 0.25) is 0 Å². The number of β-lactam (4-membered cyclic amide) rings is 1. The number of nitrogens with one attached hydrogen (secondary N) is 2. The quantitative estimate of drug-likeness (QED) is 0.153. The highest BCUT2D eigenvalue weighted by Gasteiger charge is 2.72. The average Bonchev–Trinajstić information content (AvgIpc) is 3.17. The number of nitrogens with two attached hydrogens (primary N) is 1. The van der Waals surface area contributed by atoms with Crippen molar-refractivity contribution in [2.24, 2.45) is 5.73 Å². The lowest BCUT2D eigenvalue weighted by Gasteiger charge is -2.55. The molecule has 1 fully saturated rings. The molecule has 3 atom stereocenters. The van der Waals surface area contributed by atoms with Crippen molar-refractivity contribution in [1.29, 1.82) is 0 Å². The Kier molecular flexibility index (Phi) is 6.00. The summed E-state index contributed by atoms with van der Waals surface area (Å²) in [4.78, 5) is 60.5. The van der Waals surface area contributed by atoms with Crippen LogP contribution < -0.4 is 16.4 Å². The molecule has 160 valence electrons. The van der Waals surface area contributed by atoms with E-state index in [0.29, 0.717) is 9.78 Å². The minimum atomic E-state index is -2.06. The van der Waals surface area contributed by atoms with Crippen molar-refractivity contribution in [3.05, 3.63) is 33.7 Å². The Bertz CT molecular complexity index is 934. The number of primary amides is 1. The van der Waals surface area contributed by atoms with Gasteiger partial charge in [-0.2, -0.15) is 0 Å². The maximum absolute atomic E-state index is 12.9. The fraction of sp³-hybridized carbons (Fsp3) is 0.312. The van der Waals surface area contributed by atoms with Gasteiger partial charge in [-0.25, -0.2) is 9.59 Å². The van der Waals surface area contributed by atoms with Crippen LogP contribution in [0, 0.1) is 0 Å². The molecule has 5 N–H and O–H groups in total. The van der Waals surface area contributed by atoms with E-state index in [4.69, 9.17) is 5.73 Å². The molecule has 1 aromatic rings. The molecule has 12 nitrogen and oxygen atoms in total. The highest BCUT2D eigenvalue weighted by molar-refractivity contribution is 7.92. The third kappa shape index (κ3) is 3.71. The molecule has 2 aliphatic heterocycles. The average molecular weight is 456 g/mol. The maximum atomic E-state index is 12.9. The van der Waals surface area contributed by atoms with Gasteiger partial charge in [0.1, 0.15) is 18.1 Å². The van der Waals surface area contributed by atoms with Crippen molar-refractivity contribution < 1.29 is 38.4 Å². The molecule has 1 unspecified atom stereocenters. The summed E-state index contributed by atoms with van der Waals surface area (Å²) < 4.78 is 17.4. The molecule has 1 aromatic heterocycles. The van der Waals surface area contributed by atoms with Crippen LogP contribution in [-0.4, -0.2) is 68.2 Å². The highest BCUT2D eigenvalue weighted by atomic mass is 32.2. The Labute approximate surface area is 176 Å². The zero-order valence-electron chi connectivity index (χ0n) is 15.2. The van der Waals surface area contributed by atoms with Gasteiger partial charge in [0.2, 0.25) is 17.7 Å². The molecule has 1 saturated heterocycles. The number of amides is 4. The van der Waals surface area contributed by atoms with E-state index in [0.717, 1.165) is 0 Å². The maximum Gasteiger partial charge on any atom is 0.404 e. The lowest BCUT2D eigenvalue weighted by atomic mass is 9.94. The minimum Gasteiger partial charge on any atom is -0.614 e. The van der Waals surface area contributed by atoms with Gasteiger partial charge in [-0.15, -0.1) is 11.3 Å². The van der Waals surface area contributed by atoms with Crippen molar-refractivity contribution in [2.75, 3.05) is 12.4 Å². The van der Waals surface area contributed by atoms with E-state index in [1.54, 1.807) is 17.5 Å². The zero-order valence-corrected chi connectivity index (χ0v) is 16.8. The summed E-state index contributed by atoms with van der Waals surface area (Å²) in [6.45, 7) is -0.571. The number of carbonyl (C=O) groups excluding carboxylic acids is 4. The van der Waals surface area contributed by atoms with E-state index in [1.165, 1.54) is 11.3 Å². The van der Waals surface area contributed by atoms with Crippen LogP contribution in [-0.2, 0) is 41.5 Å². The van der Waals surface area contributed by atoms with E-state index in [9.17, 15) is 33.6 Å². The van der Waals surface area contributed by atoms with E-state index < -0.39 is 58.4 Å². The van der Waals surface area contributed by atoms with Gasteiger partial charge in [0.05, 0.1) is 6.42 Å². The third-order valence-corrected chi connectivity index (χ3v) is 7.00. The largest absolute Gasteiger partial charge is 0.614 e. The van der Waals surface area contributed by atoms with Crippen molar-refractivity contribution >= 4 is 52.8 Å². The number of hydrogen-bond donors (Lipinski definition) is 4. The first-order valence-corrected chi connectivity index (χ1v) is 10.6. The van der Waals surface area contributed by atoms with Crippen LogP contribution in [0.4, 0.5) is 4.79 Å². The van der Waals surface area contributed by atoms with Gasteiger partial charge >= 0.3 is 12.1 Å². The van der Waals surface area contributed by atoms with Gasteiger partial charge in [0.15, 0.2) is 0 Å². The molecule has 14 heteroatoms. The van der Waals surface area contributed by atoms with Crippen molar-refractivity contribution in [3.8, 4) is 0 Å². The van der Waals surface area contributed by atoms with E-state index in [-0.39, 0.29) is 24.2 Å². The number of hydrogen-bond acceptors (Lipinski definition) is 8. The Balaban J connectivity index is 1.91. The van der Waals surface area contributed by atoms with Gasteiger partial charge in [0.25, 0.3) is 11.6 Å². The minimum absolute atomic E-state index is 0.0890. The number of thiophene rings is 1. The summed E-state index contributed by atoms with van der Waals surface area (Å²) >= 11 is -0.629. The number of carbonyl (C=O) groups is 5. The fourth-order valence-electron chi connectivity index (χ4n) is 3.29. The molecule has 2 aliphatic rings. The van der Waals surface area contributed by atoms with Crippen molar-refractivity contribution in [1.82, 2.24) is 15.5 Å². The summed E-state index contributed by atoms with van der Waals surface area (Å²) in [6, 6.07) is 3.44. The molecule has 0 saturated carbocycles. The lowest BCUT2D eigenvalue weighted by molar-refractivity contribution is -0.163. The SMILES string of the molecule is NC(=O)OCC1=C(C(=O)O)N2C(=O)[C@@](NC=O)(NC(=O)Cc3cccs3)[C@@H]2[S+]([O-])C1. The van der Waals surface area contributed by atoms with Crippen LogP contribution in [0.25, 0.3) is 0 Å². The standard InChI is InChI=1S/C16H16N4O8S2/c17-15(26)28-5-8-6-30(27)14-16(18-7-21,13(25)20(14)11(8)12(23)24)19-10(22)4-9-2-1-3-29-9/h1-3,7,14H,4-6H2,(H2,17,26)(H,18,21)(H,19,22)(H,23,24)/t14-,16+,30?/m0/s1. The van der Waals surface area contributed by atoms with E-state index in [2.05, 4.69) is 15.4 Å². The predicted molar refractivity (Wildman–Crippen MR) is 102 cm³/mol. The monoisotopic (exact) mass is 456 g/mol. The Morgan fingerprint density at radius 1 is 1.50 bits per heavy atom. The van der Waals surface area contributed by atoms with Gasteiger partial charge in [-0.3, -0.25) is 19.3 Å². The first kappa shape index (κ1) is 21.6. The van der Waals surface area contributed by atoms with Gasteiger partial charge in [-0.05, 0) is 22.6 Å². The second-order valence-corrected chi connectivity index (χ2v) is 8.82. The Morgan fingerprint density at radius 2 is 2.23 bits per heavy atom. The molecule has 0 spiro atoms. The van der Waals surface area contributed by atoms with E-state index in [1.807, 2.05) is 0 Å². The summed E-state index contributed by atoms with van der Waals surface area (Å²) in [6.07, 6.45) is -1.10. The molecule has 30 heavy (non-hydrogen) atoms. The molecule has 0 aliphatic carbocycles. The van der Waals surface area contributed by atoms with Gasteiger partial charge in [0, 0.05) is 10.5 Å². The normalized spacial score (nSPS) is 25.1. The number of aliphatic carboxylic acids is 1. The summed E-state index contributed by atoms with van der Waals surface area (Å²) in [5.41, 5.74) is 2.19. The smallest absolute Gasteiger partial charge is 0.404 e. The third-order valence-electron chi connectivity index (χ3n) is 4.43. The number of ether oxygens (including phenoxy) is 1. The van der Waals surface area contributed by atoms with E-state index >= 15 is 0 Å². The second kappa shape index (κ2) is 8.33. The molecular formula is C16H16N4O8S2. The fourth-order valence-corrected chi connectivity index (χ4v) is 5.77. The Hall–Kier alpha value is -3.10. The predicted octanol–water partition coefficient (Wildman–Crippen LogP) is -1.79. The second-order valence-electron chi connectivity index (χ2n) is 6.29. The van der Waals surface area contributed by atoms with Crippen LogP contribution in [0.5, 0.6) is 0 Å². The molecule has 3 rings (SSSR count). The number of carboxylic acids is 1. The zero-order chi connectivity index (χ0) is 22.1. The molecule has 0 radical (unpaired) electrons. The summed E-state index contributed by atoms with van der Waals surface area (Å²) in [5.74, 6) is -3.51. The number of carboxylic acid groups (broad SMARTS) is 1. The Morgan fingerprint density at radius 3 is 2.80 bits per heavy atom. The lowest BCUT2D eigenvalue weighted by Crippen LogP contribution is -2.88. The van der Waals surface area contributed by atoms with Crippen LogP contribution >= 0.6 is 11.3 Å². The van der Waals surface area contributed by atoms with Crippen LogP contribution in [0.3, 0.4) is 0 Å². The first-order chi connectivity index (χ1) is 14.2. The molecular weight excluding hydrogens is 440 g/mol. The molecule has 0 bridgehead atoms. The van der Waals surface area contributed by atoms with Crippen LogP contribution in [0.1, 0.15) is 4.88 Å². The van der Waals surface area contributed by atoms with Crippen molar-refractivity contribution in [2.45, 2.75) is 17.5 Å². The summed E-state index contributed by atoms with van der Waals surface area (Å²) in [5, 5.41) is 14.5. The topological polar surface area (TPSA) is 191 Å². The van der Waals surface area contributed by atoms with Crippen LogP contribution in [0.15, 0.2) is 28.8 Å². The summed E-state index contributed by atoms with van der Waals surface area (Å²) in [7, 11) is 0. The van der Waals surface area contributed by atoms with Gasteiger partial charge < -0.3 is 30.8 Å². The molecule has 3 heterocycles. The number of rotatable bonds is 8.